The minimum atomic E-state index is 0.0333. The van der Waals surface area contributed by atoms with Gasteiger partial charge in [0.05, 0.1) is 11.7 Å². The molecule has 2 aliphatic heterocycles. The number of carbonyl (C=O) groups excluding carboxylic acids is 1. The summed E-state index contributed by atoms with van der Waals surface area (Å²) in [6.07, 6.45) is 6.61. The first-order valence-corrected chi connectivity index (χ1v) is 7.86. The number of fused-ring (bicyclic) bond motifs is 4. The van der Waals surface area contributed by atoms with Crippen LogP contribution in [0.25, 0.3) is 0 Å². The number of aromatic nitrogens is 4. The highest BCUT2D eigenvalue weighted by Gasteiger charge is 2.44. The smallest absolute Gasteiger partial charge is 0.275 e. The van der Waals surface area contributed by atoms with Crippen molar-refractivity contribution in [1.82, 2.24) is 24.6 Å². The predicted octanol–water partition coefficient (Wildman–Crippen LogP) is 1.90. The zero-order valence-corrected chi connectivity index (χ0v) is 12.9. The molecule has 2 aromatic rings. The van der Waals surface area contributed by atoms with Crippen LogP contribution in [-0.4, -0.2) is 36.6 Å². The maximum Gasteiger partial charge on any atom is 0.275 e. The van der Waals surface area contributed by atoms with Gasteiger partial charge in [-0.05, 0) is 32.8 Å². The molecule has 0 saturated carbocycles. The van der Waals surface area contributed by atoms with Crippen LogP contribution in [0.3, 0.4) is 0 Å². The molecule has 0 unspecified atom stereocenters. The van der Waals surface area contributed by atoms with Gasteiger partial charge < -0.3 is 4.90 Å². The van der Waals surface area contributed by atoms with Crippen LogP contribution in [0.5, 0.6) is 0 Å². The van der Waals surface area contributed by atoms with E-state index >= 15 is 0 Å². The Labute approximate surface area is 129 Å². The van der Waals surface area contributed by atoms with E-state index in [9.17, 15) is 4.79 Å². The molecule has 2 aromatic heterocycles. The summed E-state index contributed by atoms with van der Waals surface area (Å²) in [4.78, 5) is 23.8. The molecule has 1 saturated heterocycles. The molecule has 22 heavy (non-hydrogen) atoms. The van der Waals surface area contributed by atoms with Crippen LogP contribution < -0.4 is 0 Å². The van der Waals surface area contributed by atoms with Gasteiger partial charge >= 0.3 is 0 Å². The van der Waals surface area contributed by atoms with Crippen LogP contribution in [0.2, 0.25) is 0 Å². The van der Waals surface area contributed by atoms with Crippen molar-refractivity contribution in [3.8, 4) is 0 Å². The molecule has 1 amide bonds. The van der Waals surface area contributed by atoms with Gasteiger partial charge in [-0.3, -0.25) is 9.48 Å². The number of carbonyl (C=O) groups is 1. The summed E-state index contributed by atoms with van der Waals surface area (Å²) >= 11 is 0. The first kappa shape index (κ1) is 13.4. The van der Waals surface area contributed by atoms with Crippen molar-refractivity contribution in [2.75, 3.05) is 0 Å². The minimum Gasteiger partial charge on any atom is -0.327 e. The number of rotatable bonds is 2. The van der Waals surface area contributed by atoms with E-state index in [0.717, 1.165) is 42.9 Å². The number of aryl methyl sites for hydroxylation is 2. The Hall–Kier alpha value is -2.24. The molecule has 2 aliphatic rings. The van der Waals surface area contributed by atoms with E-state index < -0.39 is 0 Å². The quantitative estimate of drug-likeness (QED) is 0.849. The van der Waals surface area contributed by atoms with Crippen molar-refractivity contribution >= 4 is 5.91 Å². The SMILES string of the molecule is CCn1ccc(C(=O)N2[C@H]3CC[C@@H]2c2cnc(C)nc2C3)n1. The third kappa shape index (κ3) is 1.94. The lowest BCUT2D eigenvalue weighted by molar-refractivity contribution is 0.0636. The fourth-order valence-corrected chi connectivity index (χ4v) is 3.67. The predicted molar refractivity (Wildman–Crippen MR) is 80.3 cm³/mol. The van der Waals surface area contributed by atoms with Crippen LogP contribution in [-0.2, 0) is 13.0 Å². The molecule has 2 atom stereocenters. The number of hydrogen-bond donors (Lipinski definition) is 0. The van der Waals surface area contributed by atoms with Crippen molar-refractivity contribution in [3.05, 3.63) is 41.2 Å². The molecule has 4 rings (SSSR count). The summed E-state index contributed by atoms with van der Waals surface area (Å²) < 4.78 is 1.79. The lowest BCUT2D eigenvalue weighted by atomic mass is 9.99. The molecule has 2 bridgehead atoms. The summed E-state index contributed by atoms with van der Waals surface area (Å²) in [5.41, 5.74) is 2.76. The molecule has 0 spiro atoms. The Morgan fingerprint density at radius 3 is 3.05 bits per heavy atom. The number of hydrogen-bond acceptors (Lipinski definition) is 4. The van der Waals surface area contributed by atoms with Gasteiger partial charge in [0.15, 0.2) is 0 Å². The van der Waals surface area contributed by atoms with E-state index in [0.29, 0.717) is 5.69 Å². The normalized spacial score (nSPS) is 22.7. The lowest BCUT2D eigenvalue weighted by Crippen LogP contribution is -2.42. The lowest BCUT2D eigenvalue weighted by Gasteiger charge is -2.35. The van der Waals surface area contributed by atoms with Crippen LogP contribution in [0, 0.1) is 6.92 Å². The topological polar surface area (TPSA) is 63.9 Å². The van der Waals surface area contributed by atoms with E-state index in [1.165, 1.54) is 0 Å². The van der Waals surface area contributed by atoms with Crippen LogP contribution >= 0.6 is 0 Å². The molecule has 114 valence electrons. The molecule has 4 heterocycles. The first-order valence-electron chi connectivity index (χ1n) is 7.86. The number of nitrogens with zero attached hydrogens (tertiary/aromatic N) is 5. The van der Waals surface area contributed by atoms with Crippen LogP contribution in [0.15, 0.2) is 18.5 Å². The Morgan fingerprint density at radius 2 is 2.27 bits per heavy atom. The largest absolute Gasteiger partial charge is 0.327 e. The molecular weight excluding hydrogens is 278 g/mol. The standard InChI is InChI=1S/C16H19N5O/c1-3-20-7-6-13(19-20)16(22)21-11-4-5-15(21)12-9-17-10(2)18-14(12)8-11/h6-7,9,11,15H,3-5,8H2,1-2H3/t11-,15+/m0/s1. The maximum atomic E-state index is 12.9. The third-order valence-corrected chi connectivity index (χ3v) is 4.73. The van der Waals surface area contributed by atoms with Crippen molar-refractivity contribution in [2.24, 2.45) is 0 Å². The summed E-state index contributed by atoms with van der Waals surface area (Å²) in [5, 5.41) is 4.36. The molecule has 0 aromatic carbocycles. The second kappa shape index (κ2) is 4.90. The molecule has 0 radical (unpaired) electrons. The van der Waals surface area contributed by atoms with Gasteiger partial charge in [0, 0.05) is 37.0 Å². The molecular formula is C16H19N5O. The summed E-state index contributed by atoms with van der Waals surface area (Å²) in [6, 6.07) is 2.16. The Bertz CT molecular complexity index is 738. The Balaban J connectivity index is 1.69. The van der Waals surface area contributed by atoms with Gasteiger partial charge in [-0.1, -0.05) is 0 Å². The average molecular weight is 297 g/mol. The molecule has 6 heteroatoms. The molecule has 0 aliphatic carbocycles. The summed E-state index contributed by atoms with van der Waals surface area (Å²) in [5.74, 6) is 0.838. The van der Waals surface area contributed by atoms with E-state index in [2.05, 4.69) is 15.1 Å². The molecule has 0 N–H and O–H groups in total. The third-order valence-electron chi connectivity index (χ3n) is 4.73. The van der Waals surface area contributed by atoms with Gasteiger partial charge in [0.2, 0.25) is 0 Å². The van der Waals surface area contributed by atoms with E-state index in [-0.39, 0.29) is 18.0 Å². The Morgan fingerprint density at radius 1 is 1.41 bits per heavy atom. The van der Waals surface area contributed by atoms with Crippen molar-refractivity contribution < 1.29 is 4.79 Å². The van der Waals surface area contributed by atoms with Gasteiger partial charge in [-0.15, -0.1) is 0 Å². The van der Waals surface area contributed by atoms with Gasteiger partial charge in [-0.2, -0.15) is 5.10 Å². The van der Waals surface area contributed by atoms with E-state index in [4.69, 9.17) is 0 Å². The zero-order chi connectivity index (χ0) is 15.3. The van der Waals surface area contributed by atoms with Gasteiger partial charge in [0.1, 0.15) is 11.5 Å². The maximum absolute atomic E-state index is 12.9. The second-order valence-corrected chi connectivity index (χ2v) is 6.04. The van der Waals surface area contributed by atoms with E-state index in [1.54, 1.807) is 4.68 Å². The highest BCUT2D eigenvalue weighted by Crippen LogP contribution is 2.43. The monoisotopic (exact) mass is 297 g/mol. The summed E-state index contributed by atoms with van der Waals surface area (Å²) in [7, 11) is 0. The van der Waals surface area contributed by atoms with E-state index in [1.807, 2.05) is 37.2 Å². The second-order valence-electron chi connectivity index (χ2n) is 6.04. The molecule has 6 nitrogen and oxygen atoms in total. The van der Waals surface area contributed by atoms with Crippen molar-refractivity contribution in [2.45, 2.75) is 51.7 Å². The fourth-order valence-electron chi connectivity index (χ4n) is 3.67. The van der Waals surface area contributed by atoms with Gasteiger partial charge in [-0.25, -0.2) is 9.97 Å². The Kier molecular flexibility index (Phi) is 2.99. The minimum absolute atomic E-state index is 0.0333. The van der Waals surface area contributed by atoms with Gasteiger partial charge in [0.25, 0.3) is 5.91 Å². The highest BCUT2D eigenvalue weighted by molar-refractivity contribution is 5.93. The fraction of sp³-hybridized carbons (Fsp3) is 0.500. The summed E-state index contributed by atoms with van der Waals surface area (Å²) in [6.45, 7) is 4.70. The average Bonchev–Trinajstić information content (AvgIpc) is 3.11. The molecule has 1 fully saturated rings. The van der Waals surface area contributed by atoms with Crippen LogP contribution in [0.4, 0.5) is 0 Å². The number of amides is 1. The zero-order valence-electron chi connectivity index (χ0n) is 12.9. The van der Waals surface area contributed by atoms with Crippen LogP contribution in [0.1, 0.15) is 53.4 Å². The first-order chi connectivity index (χ1) is 10.7. The van der Waals surface area contributed by atoms with Crippen molar-refractivity contribution in [1.29, 1.82) is 0 Å². The van der Waals surface area contributed by atoms with Crippen molar-refractivity contribution in [3.63, 3.8) is 0 Å². The highest BCUT2D eigenvalue weighted by atomic mass is 16.2.